The van der Waals surface area contributed by atoms with Gasteiger partial charge in [-0.05, 0) is 29.3 Å². The zero-order valence-electron chi connectivity index (χ0n) is 14.5. The number of hydrogen-bond donors (Lipinski definition) is 0. The van der Waals surface area contributed by atoms with Crippen LogP contribution in [0, 0.1) is 0 Å². The Kier molecular flexibility index (Phi) is 5.44. The average Bonchev–Trinajstić information content (AvgIpc) is 2.65. The predicted octanol–water partition coefficient (Wildman–Crippen LogP) is 3.65. The summed E-state index contributed by atoms with van der Waals surface area (Å²) in [5.74, 6) is -0.804. The number of carbonyl (C=O) groups is 1. The number of benzene rings is 2. The van der Waals surface area contributed by atoms with Crippen molar-refractivity contribution in [1.82, 2.24) is 4.31 Å². The number of ether oxygens (including phenoxy) is 1. The number of methoxy groups -OCH3 is 1. The van der Waals surface area contributed by atoms with E-state index >= 15 is 0 Å². The van der Waals surface area contributed by atoms with Gasteiger partial charge < -0.3 is 4.74 Å². The molecule has 2 aromatic rings. The molecule has 0 fully saturated rings. The predicted molar refractivity (Wildman–Crippen MR) is 95.1 cm³/mol. The Balaban J connectivity index is 2.13. The van der Waals surface area contributed by atoms with Crippen LogP contribution < -0.4 is 0 Å². The summed E-state index contributed by atoms with van der Waals surface area (Å²) in [5, 5.41) is -0.365. The molecule has 1 heterocycles. The molecule has 0 spiro atoms. The maximum atomic E-state index is 13.2. The van der Waals surface area contributed by atoms with E-state index in [0.717, 1.165) is 23.0 Å². The summed E-state index contributed by atoms with van der Waals surface area (Å²) in [7, 11) is -3.41. The number of alkyl halides is 3. The Morgan fingerprint density at radius 1 is 1.18 bits per heavy atom. The molecule has 0 N–H and O–H groups in total. The first-order chi connectivity index (χ1) is 13.1. The van der Waals surface area contributed by atoms with Crippen LogP contribution in [0.15, 0.2) is 47.4 Å². The summed E-state index contributed by atoms with van der Waals surface area (Å²) in [6, 6.07) is 7.75. The van der Waals surface area contributed by atoms with E-state index in [0.29, 0.717) is 17.7 Å². The molecular weight excluding hydrogens is 419 g/mol. The zero-order valence-corrected chi connectivity index (χ0v) is 16.1. The van der Waals surface area contributed by atoms with Gasteiger partial charge in [0.05, 0.1) is 17.7 Å². The van der Waals surface area contributed by atoms with Crippen LogP contribution >= 0.6 is 11.6 Å². The third kappa shape index (κ3) is 3.74. The van der Waals surface area contributed by atoms with Crippen LogP contribution in [-0.2, 0) is 38.7 Å². The van der Waals surface area contributed by atoms with Crippen molar-refractivity contribution >= 4 is 27.6 Å². The van der Waals surface area contributed by atoms with Gasteiger partial charge in [-0.15, -0.1) is 0 Å². The molecule has 0 saturated heterocycles. The first kappa shape index (κ1) is 20.6. The van der Waals surface area contributed by atoms with Gasteiger partial charge in [-0.25, -0.2) is 8.42 Å². The second kappa shape index (κ2) is 7.38. The van der Waals surface area contributed by atoms with Crippen molar-refractivity contribution in [3.63, 3.8) is 0 Å². The highest BCUT2D eigenvalue weighted by molar-refractivity contribution is 7.89. The first-order valence-corrected chi connectivity index (χ1v) is 9.90. The van der Waals surface area contributed by atoms with Crippen LogP contribution in [0.5, 0.6) is 0 Å². The molecule has 0 saturated carbocycles. The summed E-state index contributed by atoms with van der Waals surface area (Å²) in [4.78, 5) is 11.5. The van der Waals surface area contributed by atoms with Crippen LogP contribution in [0.4, 0.5) is 13.2 Å². The normalized spacial score (nSPS) is 17.8. The molecule has 28 heavy (non-hydrogen) atoms. The van der Waals surface area contributed by atoms with Crippen molar-refractivity contribution in [3.05, 3.63) is 64.2 Å². The standard InChI is InChI=1S/C18H15ClF3NO4S/c1-27-17(24)15-8-11-4-2-3-5-12(11)10-23(15)28(25,26)16-9-13(18(20,21)22)6-7-14(16)19/h2-7,9,15H,8,10H2,1H3/t15-/m0/s1. The van der Waals surface area contributed by atoms with Crippen molar-refractivity contribution in [1.29, 1.82) is 0 Å². The van der Waals surface area contributed by atoms with Gasteiger partial charge >= 0.3 is 12.1 Å². The highest BCUT2D eigenvalue weighted by Gasteiger charge is 2.42. The quantitative estimate of drug-likeness (QED) is 0.693. The molecule has 0 aliphatic carbocycles. The monoisotopic (exact) mass is 433 g/mol. The summed E-state index contributed by atoms with van der Waals surface area (Å²) < 4.78 is 71.1. The fraction of sp³-hybridized carbons (Fsp3) is 0.278. The number of nitrogens with zero attached hydrogens (tertiary/aromatic N) is 1. The van der Waals surface area contributed by atoms with Crippen molar-refractivity contribution < 1.29 is 31.1 Å². The minimum Gasteiger partial charge on any atom is -0.468 e. The van der Waals surface area contributed by atoms with E-state index in [-0.39, 0.29) is 18.0 Å². The molecule has 3 rings (SSSR count). The fourth-order valence-electron chi connectivity index (χ4n) is 3.09. The molecule has 2 aromatic carbocycles. The third-order valence-electron chi connectivity index (χ3n) is 4.52. The Morgan fingerprint density at radius 3 is 2.43 bits per heavy atom. The average molecular weight is 434 g/mol. The maximum Gasteiger partial charge on any atom is 0.416 e. The Labute approximate surface area is 164 Å². The van der Waals surface area contributed by atoms with Gasteiger partial charge in [0.25, 0.3) is 0 Å². The van der Waals surface area contributed by atoms with Crippen LogP contribution in [0.3, 0.4) is 0 Å². The molecule has 1 aliphatic rings. The van der Waals surface area contributed by atoms with Gasteiger partial charge in [-0.3, -0.25) is 4.79 Å². The lowest BCUT2D eigenvalue weighted by Gasteiger charge is -2.34. The summed E-state index contributed by atoms with van der Waals surface area (Å²) in [6.45, 7) is -0.190. The van der Waals surface area contributed by atoms with E-state index in [1.165, 1.54) is 0 Å². The number of halogens is 4. The van der Waals surface area contributed by atoms with Gasteiger partial charge in [-0.2, -0.15) is 17.5 Å². The first-order valence-electron chi connectivity index (χ1n) is 8.09. The van der Waals surface area contributed by atoms with Crippen LogP contribution in [0.2, 0.25) is 5.02 Å². The lowest BCUT2D eigenvalue weighted by molar-refractivity contribution is -0.145. The molecule has 1 atom stereocenters. The summed E-state index contributed by atoms with van der Waals surface area (Å²) in [6.07, 6.45) is -4.70. The van der Waals surface area contributed by atoms with Crippen molar-refractivity contribution in [3.8, 4) is 0 Å². The smallest absolute Gasteiger partial charge is 0.416 e. The number of esters is 1. The van der Waals surface area contributed by atoms with Gasteiger partial charge in [0.2, 0.25) is 10.0 Å². The molecule has 0 radical (unpaired) electrons. The molecular formula is C18H15ClF3NO4S. The molecule has 150 valence electrons. The molecule has 0 amide bonds. The van der Waals surface area contributed by atoms with E-state index < -0.39 is 38.7 Å². The van der Waals surface area contributed by atoms with Crippen LogP contribution in [0.25, 0.3) is 0 Å². The number of carbonyl (C=O) groups excluding carboxylic acids is 1. The number of fused-ring (bicyclic) bond motifs is 1. The van der Waals surface area contributed by atoms with Crippen LogP contribution in [0.1, 0.15) is 16.7 Å². The second-order valence-corrected chi connectivity index (χ2v) is 8.47. The number of hydrogen-bond acceptors (Lipinski definition) is 4. The van der Waals surface area contributed by atoms with E-state index in [9.17, 15) is 26.4 Å². The maximum absolute atomic E-state index is 13.2. The largest absolute Gasteiger partial charge is 0.468 e. The Morgan fingerprint density at radius 2 is 1.82 bits per heavy atom. The number of rotatable bonds is 3. The van der Waals surface area contributed by atoms with E-state index in [1.54, 1.807) is 24.3 Å². The van der Waals surface area contributed by atoms with Gasteiger partial charge in [0, 0.05) is 13.0 Å². The van der Waals surface area contributed by atoms with E-state index in [2.05, 4.69) is 0 Å². The molecule has 5 nitrogen and oxygen atoms in total. The lowest BCUT2D eigenvalue weighted by Crippen LogP contribution is -2.49. The minimum absolute atomic E-state index is 0.0403. The van der Waals surface area contributed by atoms with Crippen molar-refractivity contribution in [2.45, 2.75) is 30.1 Å². The molecule has 0 unspecified atom stereocenters. The summed E-state index contributed by atoms with van der Waals surface area (Å²) >= 11 is 5.92. The zero-order chi connectivity index (χ0) is 20.7. The van der Waals surface area contributed by atoms with E-state index in [4.69, 9.17) is 16.3 Å². The highest BCUT2D eigenvalue weighted by Crippen LogP contribution is 2.36. The van der Waals surface area contributed by atoms with Crippen LogP contribution in [-0.4, -0.2) is 31.8 Å². The van der Waals surface area contributed by atoms with Gasteiger partial charge in [0.1, 0.15) is 10.9 Å². The van der Waals surface area contributed by atoms with Gasteiger partial charge in [0.15, 0.2) is 0 Å². The topological polar surface area (TPSA) is 63.7 Å². The minimum atomic E-state index is -4.74. The molecule has 0 aromatic heterocycles. The second-order valence-electron chi connectivity index (χ2n) is 6.21. The molecule has 10 heteroatoms. The summed E-state index contributed by atoms with van der Waals surface area (Å²) in [5.41, 5.74) is 0.260. The van der Waals surface area contributed by atoms with Crippen molar-refractivity contribution in [2.24, 2.45) is 0 Å². The SMILES string of the molecule is COC(=O)[C@@H]1Cc2ccccc2CN1S(=O)(=O)c1cc(C(F)(F)F)ccc1Cl. The van der Waals surface area contributed by atoms with Gasteiger partial charge in [-0.1, -0.05) is 35.9 Å². The lowest BCUT2D eigenvalue weighted by atomic mass is 9.96. The molecule has 1 aliphatic heterocycles. The van der Waals surface area contributed by atoms with E-state index in [1.807, 2.05) is 0 Å². The van der Waals surface area contributed by atoms with Crippen molar-refractivity contribution in [2.75, 3.05) is 7.11 Å². The Bertz CT molecular complexity index is 1020. The Hall–Kier alpha value is -2.10. The third-order valence-corrected chi connectivity index (χ3v) is 6.86. The highest BCUT2D eigenvalue weighted by atomic mass is 35.5. The molecule has 0 bridgehead atoms. The number of sulfonamides is 1. The fourth-order valence-corrected chi connectivity index (χ4v) is 5.15.